The van der Waals surface area contributed by atoms with Crippen LogP contribution in [0.25, 0.3) is 0 Å². The number of aromatic amines is 1. The quantitative estimate of drug-likeness (QED) is 0.653. The van der Waals surface area contributed by atoms with Gasteiger partial charge in [0, 0.05) is 11.9 Å². The van der Waals surface area contributed by atoms with Crippen LogP contribution in [-0.4, -0.2) is 9.97 Å². The molecule has 0 spiro atoms. The number of rotatable bonds is 2. The number of hydrogen-bond donors (Lipinski definition) is 1. The van der Waals surface area contributed by atoms with Crippen molar-refractivity contribution < 1.29 is 0 Å². The van der Waals surface area contributed by atoms with Crippen LogP contribution in [0.15, 0.2) is 6.20 Å². The third kappa shape index (κ3) is 1.49. The number of aromatic nitrogens is 2. The van der Waals surface area contributed by atoms with E-state index in [0.717, 1.165) is 5.69 Å². The highest BCUT2D eigenvalue weighted by Crippen LogP contribution is 1.99. The van der Waals surface area contributed by atoms with Crippen LogP contribution in [0, 0.1) is 11.3 Å². The van der Waals surface area contributed by atoms with E-state index >= 15 is 0 Å². The normalized spacial score (nSPS) is 9.20. The van der Waals surface area contributed by atoms with Gasteiger partial charge < -0.3 is 4.98 Å². The van der Waals surface area contributed by atoms with Crippen LogP contribution in [0.2, 0.25) is 0 Å². The lowest BCUT2D eigenvalue weighted by atomic mass is 10.4. The maximum Gasteiger partial charge on any atom is 0.121 e. The average molecular weight is 156 g/mol. The maximum absolute atomic E-state index is 8.27. The molecule has 3 nitrogen and oxygen atoms in total. The largest absolute Gasteiger partial charge is 0.344 e. The van der Waals surface area contributed by atoms with E-state index in [1.807, 2.05) is 6.07 Å². The fourth-order valence-corrected chi connectivity index (χ4v) is 0.784. The zero-order valence-electron chi connectivity index (χ0n) is 5.26. The molecule has 0 aliphatic carbocycles. The van der Waals surface area contributed by atoms with Crippen molar-refractivity contribution in [1.82, 2.24) is 9.97 Å². The SMILES string of the molecule is N#CCc1cnc(CCl)[nH]1. The molecule has 1 aromatic heterocycles. The molecule has 0 radical (unpaired) electrons. The second-order valence-electron chi connectivity index (χ2n) is 1.82. The second-order valence-corrected chi connectivity index (χ2v) is 2.09. The summed E-state index contributed by atoms with van der Waals surface area (Å²) in [7, 11) is 0. The summed E-state index contributed by atoms with van der Waals surface area (Å²) in [6, 6.07) is 2.01. The maximum atomic E-state index is 8.27. The Balaban J connectivity index is 2.70. The van der Waals surface area contributed by atoms with Gasteiger partial charge in [-0.1, -0.05) is 0 Å². The number of nitriles is 1. The molecule has 1 rings (SSSR count). The van der Waals surface area contributed by atoms with E-state index in [0.29, 0.717) is 18.1 Å². The fourth-order valence-electron chi connectivity index (χ4n) is 0.649. The lowest BCUT2D eigenvalue weighted by molar-refractivity contribution is 1.08. The summed E-state index contributed by atoms with van der Waals surface area (Å²) >= 11 is 5.46. The van der Waals surface area contributed by atoms with Crippen LogP contribution < -0.4 is 0 Å². The molecule has 1 N–H and O–H groups in total. The minimum atomic E-state index is 0.365. The molecule has 0 amide bonds. The molecule has 0 atom stereocenters. The number of nitrogens with zero attached hydrogens (tertiary/aromatic N) is 2. The molecule has 0 fully saturated rings. The van der Waals surface area contributed by atoms with Crippen LogP contribution in [0.4, 0.5) is 0 Å². The van der Waals surface area contributed by atoms with Gasteiger partial charge in [-0.15, -0.1) is 11.6 Å². The Labute approximate surface area is 63.7 Å². The predicted octanol–water partition coefficient (Wildman–Crippen LogP) is 1.21. The highest BCUT2D eigenvalue weighted by molar-refractivity contribution is 6.16. The van der Waals surface area contributed by atoms with Crippen molar-refractivity contribution in [3.63, 3.8) is 0 Å². The summed E-state index contributed by atoms with van der Waals surface area (Å²) in [5, 5.41) is 8.27. The summed E-state index contributed by atoms with van der Waals surface area (Å²) in [5.41, 5.74) is 0.818. The highest BCUT2D eigenvalue weighted by Gasteiger charge is 1.96. The van der Waals surface area contributed by atoms with E-state index in [1.165, 1.54) is 0 Å². The van der Waals surface area contributed by atoms with Gasteiger partial charge in [0.1, 0.15) is 5.82 Å². The van der Waals surface area contributed by atoms with Gasteiger partial charge in [-0.05, 0) is 0 Å². The molecule has 10 heavy (non-hydrogen) atoms. The van der Waals surface area contributed by atoms with Gasteiger partial charge in [-0.2, -0.15) is 5.26 Å². The van der Waals surface area contributed by atoms with Gasteiger partial charge >= 0.3 is 0 Å². The molecule has 0 aliphatic heterocycles. The number of hydrogen-bond acceptors (Lipinski definition) is 2. The van der Waals surface area contributed by atoms with Crippen LogP contribution in [0.3, 0.4) is 0 Å². The Bertz CT molecular complexity index is 248. The number of imidazole rings is 1. The van der Waals surface area contributed by atoms with E-state index in [4.69, 9.17) is 16.9 Å². The molecule has 0 saturated heterocycles. The van der Waals surface area contributed by atoms with Gasteiger partial charge in [-0.25, -0.2) is 4.98 Å². The Morgan fingerprint density at radius 1 is 1.80 bits per heavy atom. The first kappa shape index (κ1) is 7.10. The van der Waals surface area contributed by atoms with Crippen molar-refractivity contribution in [2.24, 2.45) is 0 Å². The molecule has 0 unspecified atom stereocenters. The Morgan fingerprint density at radius 2 is 2.60 bits per heavy atom. The molecule has 52 valence electrons. The molecule has 1 heterocycles. The van der Waals surface area contributed by atoms with Crippen molar-refractivity contribution in [2.75, 3.05) is 0 Å². The molecular weight excluding hydrogens is 150 g/mol. The van der Waals surface area contributed by atoms with Crippen molar-refractivity contribution in [3.8, 4) is 6.07 Å². The smallest absolute Gasteiger partial charge is 0.121 e. The first-order valence-corrected chi connectivity index (χ1v) is 3.36. The predicted molar refractivity (Wildman–Crippen MR) is 37.5 cm³/mol. The van der Waals surface area contributed by atoms with E-state index in [2.05, 4.69) is 9.97 Å². The molecule has 0 saturated carbocycles. The van der Waals surface area contributed by atoms with E-state index in [-0.39, 0.29) is 0 Å². The highest BCUT2D eigenvalue weighted by atomic mass is 35.5. The zero-order chi connectivity index (χ0) is 7.40. The van der Waals surface area contributed by atoms with Crippen LogP contribution in [-0.2, 0) is 12.3 Å². The Morgan fingerprint density at radius 3 is 3.10 bits per heavy atom. The average Bonchev–Trinajstić information content (AvgIpc) is 2.37. The fraction of sp³-hybridized carbons (Fsp3) is 0.333. The molecule has 0 aromatic carbocycles. The monoisotopic (exact) mass is 155 g/mol. The van der Waals surface area contributed by atoms with Crippen LogP contribution >= 0.6 is 11.6 Å². The minimum absolute atomic E-state index is 0.365. The molecule has 1 aromatic rings. The Kier molecular flexibility index (Phi) is 2.30. The lowest BCUT2D eigenvalue weighted by Crippen LogP contribution is -1.82. The van der Waals surface area contributed by atoms with Crippen LogP contribution in [0.5, 0.6) is 0 Å². The zero-order valence-corrected chi connectivity index (χ0v) is 6.02. The number of alkyl halides is 1. The van der Waals surface area contributed by atoms with E-state index in [1.54, 1.807) is 6.20 Å². The summed E-state index contributed by atoms with van der Waals surface area (Å²) < 4.78 is 0. The van der Waals surface area contributed by atoms with Gasteiger partial charge in [0.2, 0.25) is 0 Å². The first-order valence-electron chi connectivity index (χ1n) is 2.82. The number of nitrogens with one attached hydrogen (secondary N) is 1. The standard InChI is InChI=1S/C6H6ClN3/c7-3-6-9-4-5(10-6)1-2-8/h4H,1,3H2,(H,9,10). The molecular formula is C6H6ClN3. The molecule has 4 heteroatoms. The number of H-pyrrole nitrogens is 1. The van der Waals surface area contributed by atoms with Crippen molar-refractivity contribution in [1.29, 1.82) is 5.26 Å². The van der Waals surface area contributed by atoms with Crippen molar-refractivity contribution in [3.05, 3.63) is 17.7 Å². The summed E-state index contributed by atoms with van der Waals surface area (Å²) in [6.45, 7) is 0. The van der Waals surface area contributed by atoms with Gasteiger partial charge in [-0.3, -0.25) is 0 Å². The van der Waals surface area contributed by atoms with E-state index in [9.17, 15) is 0 Å². The van der Waals surface area contributed by atoms with Gasteiger partial charge in [0.15, 0.2) is 0 Å². The first-order chi connectivity index (χ1) is 4.86. The third-order valence-electron chi connectivity index (χ3n) is 1.08. The third-order valence-corrected chi connectivity index (χ3v) is 1.33. The lowest BCUT2D eigenvalue weighted by Gasteiger charge is -1.83. The van der Waals surface area contributed by atoms with Gasteiger partial charge in [0.25, 0.3) is 0 Å². The number of halogens is 1. The summed E-state index contributed by atoms with van der Waals surface area (Å²) in [5.74, 6) is 1.08. The molecule has 0 bridgehead atoms. The molecule has 0 aliphatic rings. The van der Waals surface area contributed by atoms with Gasteiger partial charge in [0.05, 0.1) is 18.4 Å². The van der Waals surface area contributed by atoms with Crippen molar-refractivity contribution in [2.45, 2.75) is 12.3 Å². The summed E-state index contributed by atoms with van der Waals surface area (Å²) in [4.78, 5) is 6.81. The second kappa shape index (κ2) is 3.23. The topological polar surface area (TPSA) is 52.5 Å². The van der Waals surface area contributed by atoms with E-state index < -0.39 is 0 Å². The van der Waals surface area contributed by atoms with Crippen molar-refractivity contribution >= 4 is 11.6 Å². The van der Waals surface area contributed by atoms with Crippen LogP contribution in [0.1, 0.15) is 11.5 Å². The Hall–Kier alpha value is -1.01. The summed E-state index contributed by atoms with van der Waals surface area (Å²) in [6.07, 6.45) is 1.99. The minimum Gasteiger partial charge on any atom is -0.344 e.